The van der Waals surface area contributed by atoms with E-state index >= 15 is 0 Å². The Kier molecular flexibility index (Phi) is 3.42. The van der Waals surface area contributed by atoms with Crippen LogP contribution in [0.1, 0.15) is 25.1 Å². The highest BCUT2D eigenvalue weighted by molar-refractivity contribution is 5.42. The van der Waals surface area contributed by atoms with Crippen LogP contribution in [0.3, 0.4) is 0 Å². The third-order valence-corrected chi connectivity index (χ3v) is 4.30. The van der Waals surface area contributed by atoms with Gasteiger partial charge in [0, 0.05) is 12.7 Å². The third-order valence-electron chi connectivity index (χ3n) is 4.30. The highest BCUT2D eigenvalue weighted by Gasteiger charge is 2.24. The molecule has 0 saturated carbocycles. The Labute approximate surface area is 128 Å². The lowest BCUT2D eigenvalue weighted by molar-refractivity contribution is 0.216. The number of likely N-dealkylation sites (tertiary alicyclic amines) is 1. The molecule has 4 heterocycles. The Morgan fingerprint density at radius 1 is 1.18 bits per heavy atom. The van der Waals surface area contributed by atoms with Gasteiger partial charge in [0.15, 0.2) is 17.4 Å². The van der Waals surface area contributed by atoms with Crippen LogP contribution in [0.15, 0.2) is 23.1 Å². The van der Waals surface area contributed by atoms with Crippen molar-refractivity contribution >= 4 is 0 Å². The standard InChI is InChI=1S/C15H19N5O2/c21-15-19(10-9-18-7-2-1-3-8-18)17-13-11-22-12-5-4-6-16-14(12)20(13)15/h4-6H,1-3,7-11H2. The fourth-order valence-corrected chi connectivity index (χ4v) is 3.13. The molecule has 2 aliphatic heterocycles. The minimum Gasteiger partial charge on any atom is -0.482 e. The van der Waals surface area contributed by atoms with E-state index < -0.39 is 0 Å². The van der Waals surface area contributed by atoms with Gasteiger partial charge in [0.1, 0.15) is 6.61 Å². The van der Waals surface area contributed by atoms with Crippen molar-refractivity contribution in [3.05, 3.63) is 34.6 Å². The van der Waals surface area contributed by atoms with E-state index in [1.54, 1.807) is 16.8 Å². The molecule has 0 radical (unpaired) electrons. The number of hydrogen-bond acceptors (Lipinski definition) is 5. The van der Waals surface area contributed by atoms with E-state index in [-0.39, 0.29) is 5.69 Å². The van der Waals surface area contributed by atoms with E-state index in [0.29, 0.717) is 30.5 Å². The molecule has 2 aromatic rings. The lowest BCUT2D eigenvalue weighted by Crippen LogP contribution is -2.35. The average molecular weight is 301 g/mol. The third kappa shape index (κ3) is 2.31. The van der Waals surface area contributed by atoms with Crippen molar-refractivity contribution < 1.29 is 4.74 Å². The summed E-state index contributed by atoms with van der Waals surface area (Å²) >= 11 is 0. The molecule has 2 aromatic heterocycles. The molecule has 4 rings (SSSR count). The molecule has 116 valence electrons. The second-order valence-electron chi connectivity index (χ2n) is 5.77. The lowest BCUT2D eigenvalue weighted by atomic mass is 10.1. The van der Waals surface area contributed by atoms with Gasteiger partial charge in [0.05, 0.1) is 6.54 Å². The van der Waals surface area contributed by atoms with Crippen molar-refractivity contribution in [2.45, 2.75) is 32.4 Å². The van der Waals surface area contributed by atoms with Crippen LogP contribution in [-0.2, 0) is 13.2 Å². The first-order valence-corrected chi connectivity index (χ1v) is 7.82. The predicted octanol–water partition coefficient (Wildman–Crippen LogP) is 0.807. The summed E-state index contributed by atoms with van der Waals surface area (Å²) in [5.41, 5.74) is -0.129. The zero-order valence-electron chi connectivity index (χ0n) is 12.4. The van der Waals surface area contributed by atoms with Gasteiger partial charge in [-0.2, -0.15) is 5.10 Å². The molecule has 0 bridgehead atoms. The number of rotatable bonds is 3. The minimum absolute atomic E-state index is 0.129. The Balaban J connectivity index is 1.59. The second-order valence-corrected chi connectivity index (χ2v) is 5.77. The Morgan fingerprint density at radius 2 is 2.05 bits per heavy atom. The minimum atomic E-state index is -0.129. The summed E-state index contributed by atoms with van der Waals surface area (Å²) in [6.45, 7) is 4.03. The van der Waals surface area contributed by atoms with Crippen molar-refractivity contribution in [2.24, 2.45) is 0 Å². The highest BCUT2D eigenvalue weighted by Crippen LogP contribution is 2.24. The topological polar surface area (TPSA) is 65.2 Å². The monoisotopic (exact) mass is 301 g/mol. The van der Waals surface area contributed by atoms with Gasteiger partial charge >= 0.3 is 5.69 Å². The number of hydrogen-bond donors (Lipinski definition) is 0. The smallest absolute Gasteiger partial charge is 0.352 e. The molecule has 1 fully saturated rings. The summed E-state index contributed by atoms with van der Waals surface area (Å²) in [7, 11) is 0. The van der Waals surface area contributed by atoms with E-state index in [2.05, 4.69) is 15.0 Å². The second kappa shape index (κ2) is 5.57. The SMILES string of the molecule is O=c1n(CCN2CCCCC2)nc2n1-c1ncccc1OC2. The van der Waals surface area contributed by atoms with E-state index in [4.69, 9.17) is 4.74 Å². The van der Waals surface area contributed by atoms with Crippen LogP contribution >= 0.6 is 0 Å². The van der Waals surface area contributed by atoms with Crippen molar-refractivity contribution in [3.63, 3.8) is 0 Å². The van der Waals surface area contributed by atoms with E-state index in [9.17, 15) is 4.79 Å². The maximum atomic E-state index is 12.6. The summed E-state index contributed by atoms with van der Waals surface area (Å²) in [4.78, 5) is 19.3. The normalized spacial score (nSPS) is 17.6. The number of piperidine rings is 1. The average Bonchev–Trinajstić information content (AvgIpc) is 2.90. The predicted molar refractivity (Wildman–Crippen MR) is 80.2 cm³/mol. The van der Waals surface area contributed by atoms with Crippen LogP contribution in [0.4, 0.5) is 0 Å². The lowest BCUT2D eigenvalue weighted by Gasteiger charge is -2.25. The van der Waals surface area contributed by atoms with E-state index in [1.807, 2.05) is 6.07 Å². The van der Waals surface area contributed by atoms with Crippen LogP contribution in [-0.4, -0.2) is 43.9 Å². The van der Waals surface area contributed by atoms with Gasteiger partial charge in [0.2, 0.25) is 0 Å². The molecule has 22 heavy (non-hydrogen) atoms. The molecule has 0 spiro atoms. The molecule has 0 aliphatic carbocycles. The first-order valence-electron chi connectivity index (χ1n) is 7.82. The van der Waals surface area contributed by atoms with Gasteiger partial charge in [-0.05, 0) is 38.1 Å². The van der Waals surface area contributed by atoms with Crippen LogP contribution in [0.5, 0.6) is 5.75 Å². The molecule has 0 aromatic carbocycles. The Bertz CT molecular complexity index is 730. The van der Waals surface area contributed by atoms with Crippen LogP contribution < -0.4 is 10.4 Å². The zero-order valence-corrected chi connectivity index (χ0v) is 12.4. The zero-order chi connectivity index (χ0) is 14.9. The molecule has 7 nitrogen and oxygen atoms in total. The largest absolute Gasteiger partial charge is 0.482 e. The van der Waals surface area contributed by atoms with Gasteiger partial charge in [-0.15, -0.1) is 0 Å². The summed E-state index contributed by atoms with van der Waals surface area (Å²) in [6.07, 6.45) is 5.48. The summed E-state index contributed by atoms with van der Waals surface area (Å²) < 4.78 is 8.71. The number of nitrogens with zero attached hydrogens (tertiary/aromatic N) is 5. The van der Waals surface area contributed by atoms with Crippen molar-refractivity contribution in [1.29, 1.82) is 0 Å². The van der Waals surface area contributed by atoms with Gasteiger partial charge in [-0.3, -0.25) is 0 Å². The Morgan fingerprint density at radius 3 is 2.91 bits per heavy atom. The first kappa shape index (κ1) is 13.5. The fourth-order valence-electron chi connectivity index (χ4n) is 3.13. The molecule has 0 atom stereocenters. The fraction of sp³-hybridized carbons (Fsp3) is 0.533. The van der Waals surface area contributed by atoms with Crippen molar-refractivity contribution in [3.8, 4) is 11.6 Å². The summed E-state index contributed by atoms with van der Waals surface area (Å²) in [5.74, 6) is 1.79. The summed E-state index contributed by atoms with van der Waals surface area (Å²) in [6, 6.07) is 3.62. The van der Waals surface area contributed by atoms with Crippen LogP contribution in [0, 0.1) is 0 Å². The Hall–Kier alpha value is -2.15. The molecule has 2 aliphatic rings. The highest BCUT2D eigenvalue weighted by atomic mass is 16.5. The van der Waals surface area contributed by atoms with Crippen molar-refractivity contribution in [2.75, 3.05) is 19.6 Å². The molecule has 0 N–H and O–H groups in total. The summed E-state index contributed by atoms with van der Waals surface area (Å²) in [5, 5.41) is 4.41. The quantitative estimate of drug-likeness (QED) is 0.839. The maximum absolute atomic E-state index is 12.6. The first-order chi connectivity index (χ1) is 10.8. The molecule has 1 saturated heterocycles. The molecule has 0 unspecified atom stereocenters. The molecule has 0 amide bonds. The van der Waals surface area contributed by atoms with Crippen molar-refractivity contribution in [1.82, 2.24) is 24.2 Å². The van der Waals surface area contributed by atoms with Gasteiger partial charge in [-0.25, -0.2) is 19.0 Å². The van der Waals surface area contributed by atoms with E-state index in [1.165, 1.54) is 23.9 Å². The number of aromatic nitrogens is 4. The van der Waals surface area contributed by atoms with Gasteiger partial charge < -0.3 is 9.64 Å². The van der Waals surface area contributed by atoms with Crippen LogP contribution in [0.2, 0.25) is 0 Å². The molecular formula is C15H19N5O2. The van der Waals surface area contributed by atoms with E-state index in [0.717, 1.165) is 19.6 Å². The molecule has 7 heteroatoms. The number of fused-ring (bicyclic) bond motifs is 3. The van der Waals surface area contributed by atoms with Gasteiger partial charge in [0.25, 0.3) is 0 Å². The van der Waals surface area contributed by atoms with Gasteiger partial charge in [-0.1, -0.05) is 6.42 Å². The van der Waals surface area contributed by atoms with Crippen LogP contribution in [0.25, 0.3) is 5.82 Å². The maximum Gasteiger partial charge on any atom is 0.352 e. The number of ether oxygens (including phenoxy) is 1. The molecular weight excluding hydrogens is 282 g/mol. The number of pyridine rings is 1.